The van der Waals surface area contributed by atoms with Crippen molar-refractivity contribution in [3.8, 4) is 0 Å². The minimum atomic E-state index is -1.07. The minimum absolute atomic E-state index is 0.121. The molecule has 0 saturated carbocycles. The second-order valence-electron chi connectivity index (χ2n) is 3.57. The first-order valence-corrected chi connectivity index (χ1v) is 6.37. The Hall–Kier alpha value is -1.00. The molecule has 0 spiro atoms. The number of halogens is 1. The molecule has 0 bridgehead atoms. The highest BCUT2D eigenvalue weighted by atomic mass is 127. The van der Waals surface area contributed by atoms with E-state index in [4.69, 9.17) is 15.9 Å². The highest BCUT2D eigenvalue weighted by Gasteiger charge is 2.21. The summed E-state index contributed by atoms with van der Waals surface area (Å²) in [5.41, 5.74) is 8.61. The lowest BCUT2D eigenvalue weighted by Gasteiger charge is -2.22. The molecule has 1 aliphatic rings. The molecule has 0 radical (unpaired) electrons. The number of aliphatic hydroxyl groups excluding tert-OH is 1. The number of hydrazone groups is 1. The van der Waals surface area contributed by atoms with Crippen LogP contribution in [-0.2, 0) is 4.74 Å². The summed E-state index contributed by atoms with van der Waals surface area (Å²) in [6, 6.07) is 0.121. The van der Waals surface area contributed by atoms with Gasteiger partial charge in [0.2, 0.25) is 0 Å². The zero-order valence-electron chi connectivity index (χ0n) is 9.93. The van der Waals surface area contributed by atoms with E-state index >= 15 is 0 Å². The molecule has 1 atom stereocenters. The lowest BCUT2D eigenvalue weighted by Crippen LogP contribution is -2.33. The van der Waals surface area contributed by atoms with E-state index in [-0.39, 0.29) is 15.5 Å². The van der Waals surface area contributed by atoms with E-state index in [1.54, 1.807) is 29.6 Å². The van der Waals surface area contributed by atoms with Crippen molar-refractivity contribution >= 4 is 38.2 Å². The van der Waals surface area contributed by atoms with Crippen LogP contribution in [-0.4, -0.2) is 53.2 Å². The summed E-state index contributed by atoms with van der Waals surface area (Å²) in [5, 5.41) is 21.5. The average Bonchev–Trinajstić information content (AvgIpc) is 2.28. The zero-order valence-corrected chi connectivity index (χ0v) is 12.1. The molecule has 8 heteroatoms. The molecule has 7 nitrogen and oxygen atoms in total. The molecule has 0 aromatic carbocycles. The first-order valence-electron chi connectivity index (χ1n) is 5.29. The van der Waals surface area contributed by atoms with Gasteiger partial charge in [-0.1, -0.05) is 0 Å². The van der Waals surface area contributed by atoms with Crippen molar-refractivity contribution in [2.45, 2.75) is 12.1 Å². The molecule has 0 aliphatic carbocycles. The Morgan fingerprint density at radius 3 is 2.72 bits per heavy atom. The van der Waals surface area contributed by atoms with Crippen molar-refractivity contribution in [1.82, 2.24) is 5.43 Å². The third-order valence-electron chi connectivity index (χ3n) is 2.28. The maximum atomic E-state index is 10.1. The number of nitrogens with zero attached hydrogens (tertiary/aromatic N) is 2. The summed E-state index contributed by atoms with van der Waals surface area (Å²) in [4.78, 5) is 4.22. The molecule has 1 unspecified atom stereocenters. The first kappa shape index (κ1) is 15.1. The predicted molar refractivity (Wildman–Crippen MR) is 79.6 cm³/mol. The van der Waals surface area contributed by atoms with E-state index in [1.807, 2.05) is 0 Å². The van der Waals surface area contributed by atoms with Crippen LogP contribution in [0.25, 0.3) is 0 Å². The van der Waals surface area contributed by atoms with Gasteiger partial charge < -0.3 is 21.0 Å². The molecular weight excluding hydrogens is 349 g/mol. The Kier molecular flexibility index (Phi) is 6.22. The van der Waals surface area contributed by atoms with Gasteiger partial charge in [-0.2, -0.15) is 5.10 Å². The van der Waals surface area contributed by atoms with Crippen LogP contribution in [0, 0.1) is 5.41 Å². The Labute approximate surface area is 119 Å². The summed E-state index contributed by atoms with van der Waals surface area (Å²) in [7, 11) is 1.60. The largest absolute Gasteiger partial charge is 0.404 e. The maximum Gasteiger partial charge on any atom is 0.128 e. The van der Waals surface area contributed by atoms with Gasteiger partial charge in [0.1, 0.15) is 15.5 Å². The average molecular weight is 365 g/mol. The van der Waals surface area contributed by atoms with Crippen LogP contribution in [0.2, 0.25) is 0 Å². The molecular formula is C10H16IN5O2. The highest BCUT2D eigenvalue weighted by Crippen LogP contribution is 2.09. The summed E-state index contributed by atoms with van der Waals surface area (Å²) >= 11 is 1.77. The number of rotatable bonds is 6. The van der Waals surface area contributed by atoms with Crippen molar-refractivity contribution in [3.05, 3.63) is 11.8 Å². The van der Waals surface area contributed by atoms with Gasteiger partial charge in [-0.25, -0.2) is 0 Å². The molecule has 1 aliphatic heterocycles. The fourth-order valence-electron chi connectivity index (χ4n) is 1.21. The third kappa shape index (κ3) is 4.03. The molecule has 5 N–H and O–H groups in total. The van der Waals surface area contributed by atoms with Gasteiger partial charge in [0.05, 0.1) is 19.3 Å². The number of hydrogen-bond donors (Lipinski definition) is 4. The van der Waals surface area contributed by atoms with Crippen molar-refractivity contribution < 1.29 is 9.84 Å². The van der Waals surface area contributed by atoms with Crippen LogP contribution in [0.5, 0.6) is 0 Å². The predicted octanol–water partition coefficient (Wildman–Crippen LogP) is -0.353. The van der Waals surface area contributed by atoms with E-state index in [9.17, 15) is 5.11 Å². The standard InChI is InChI=1S/C10H16IN5O2/c1-14-16-8(10(11)13)9(17)6(2-12)3-15-7-4-18-5-7/h2-3,7,9,13-14,17H,4-5,12H2,1H3/b6-2?,13-10?,15-3?,16-8-. The molecule has 0 aromatic heterocycles. The fourth-order valence-corrected chi connectivity index (χ4v) is 1.63. The third-order valence-corrected chi connectivity index (χ3v) is 2.83. The summed E-state index contributed by atoms with van der Waals surface area (Å²) in [6.07, 6.45) is 1.69. The smallest absolute Gasteiger partial charge is 0.128 e. The van der Waals surface area contributed by atoms with Gasteiger partial charge in [0.25, 0.3) is 0 Å². The number of aliphatic hydroxyl groups is 1. The zero-order chi connectivity index (χ0) is 13.5. The lowest BCUT2D eigenvalue weighted by atomic mass is 10.1. The quantitative estimate of drug-likeness (QED) is 0.292. The Balaban J connectivity index is 2.77. The van der Waals surface area contributed by atoms with Crippen LogP contribution < -0.4 is 11.2 Å². The summed E-state index contributed by atoms with van der Waals surface area (Å²) < 4.78 is 5.12. The molecule has 1 heterocycles. The fraction of sp³-hybridized carbons (Fsp3) is 0.500. The van der Waals surface area contributed by atoms with Gasteiger partial charge in [-0.05, 0) is 22.6 Å². The highest BCUT2D eigenvalue weighted by molar-refractivity contribution is 14.1. The SMILES string of the molecule is CN/N=C(\C(=N)I)C(O)C(C=NC1COC1)=CN. The molecule has 100 valence electrons. The molecule has 18 heavy (non-hydrogen) atoms. The van der Waals surface area contributed by atoms with Crippen LogP contribution >= 0.6 is 22.6 Å². The van der Waals surface area contributed by atoms with Gasteiger partial charge in [-0.3, -0.25) is 10.4 Å². The van der Waals surface area contributed by atoms with Crippen molar-refractivity contribution in [2.24, 2.45) is 15.8 Å². The van der Waals surface area contributed by atoms with E-state index in [0.717, 1.165) is 0 Å². The van der Waals surface area contributed by atoms with Crippen LogP contribution in [0.1, 0.15) is 0 Å². The summed E-state index contributed by atoms with van der Waals surface area (Å²) in [5.74, 6) is 0. The van der Waals surface area contributed by atoms with Gasteiger partial charge in [-0.15, -0.1) is 0 Å². The lowest BCUT2D eigenvalue weighted by molar-refractivity contribution is 0.0135. The second kappa shape index (κ2) is 7.44. The minimum Gasteiger partial charge on any atom is -0.404 e. The monoisotopic (exact) mass is 365 g/mol. The normalized spacial score (nSPS) is 19.7. The second-order valence-corrected chi connectivity index (χ2v) is 4.65. The number of aliphatic imine (C=N–C) groups is 1. The molecule has 1 saturated heterocycles. The van der Waals surface area contributed by atoms with Crippen LogP contribution in [0.3, 0.4) is 0 Å². The number of nitrogens with one attached hydrogen (secondary N) is 2. The Morgan fingerprint density at radius 2 is 2.33 bits per heavy atom. The first-order chi connectivity index (χ1) is 8.60. The van der Waals surface area contributed by atoms with Gasteiger partial charge in [0, 0.05) is 25.0 Å². The Bertz CT molecular complexity index is 390. The number of nitrogens with two attached hydrogens (primary N) is 1. The van der Waals surface area contributed by atoms with Gasteiger partial charge >= 0.3 is 0 Å². The van der Waals surface area contributed by atoms with Crippen LogP contribution in [0.15, 0.2) is 21.9 Å². The van der Waals surface area contributed by atoms with E-state index in [2.05, 4.69) is 15.5 Å². The van der Waals surface area contributed by atoms with E-state index in [1.165, 1.54) is 12.4 Å². The van der Waals surface area contributed by atoms with Crippen LogP contribution in [0.4, 0.5) is 0 Å². The topological polar surface area (TPSA) is 116 Å². The molecule has 0 aromatic rings. The molecule has 0 amide bonds. The van der Waals surface area contributed by atoms with Crippen molar-refractivity contribution in [3.63, 3.8) is 0 Å². The van der Waals surface area contributed by atoms with E-state index < -0.39 is 6.10 Å². The van der Waals surface area contributed by atoms with Gasteiger partial charge in [0.15, 0.2) is 0 Å². The maximum absolute atomic E-state index is 10.1. The van der Waals surface area contributed by atoms with Crippen molar-refractivity contribution in [2.75, 3.05) is 20.3 Å². The number of hydrogen-bond acceptors (Lipinski definition) is 7. The number of ether oxygens (including phenoxy) is 1. The summed E-state index contributed by atoms with van der Waals surface area (Å²) in [6.45, 7) is 1.17. The van der Waals surface area contributed by atoms with E-state index in [0.29, 0.717) is 18.8 Å². The Morgan fingerprint density at radius 1 is 1.67 bits per heavy atom. The molecule has 1 rings (SSSR count). The molecule has 1 fully saturated rings. The van der Waals surface area contributed by atoms with Crippen molar-refractivity contribution in [1.29, 1.82) is 5.41 Å².